The zero-order valence-electron chi connectivity index (χ0n) is 34.9. The molecule has 0 bridgehead atoms. The number of carbonyl (C=O) groups is 6. The summed E-state index contributed by atoms with van der Waals surface area (Å²) in [5.74, 6) is -6.58. The van der Waals surface area contributed by atoms with Crippen LogP contribution in [0.15, 0.2) is 95.2 Å². The van der Waals surface area contributed by atoms with E-state index in [2.05, 4.69) is 36.8 Å². The van der Waals surface area contributed by atoms with E-state index in [0.717, 1.165) is 11.8 Å². The van der Waals surface area contributed by atoms with E-state index in [0.29, 0.717) is 22.5 Å². The Kier molecular flexibility index (Phi) is 21.3. The van der Waals surface area contributed by atoms with E-state index in [1.54, 1.807) is 66.7 Å². The fourth-order valence-electron chi connectivity index (χ4n) is 5.40. The fourth-order valence-corrected chi connectivity index (χ4v) is 7.46. The van der Waals surface area contributed by atoms with Gasteiger partial charge in [-0.2, -0.15) is 10.2 Å². The van der Waals surface area contributed by atoms with E-state index in [1.807, 2.05) is 18.2 Å². The number of esters is 1. The van der Waals surface area contributed by atoms with Crippen LogP contribution >= 0.6 is 11.8 Å². The number of nitrogens with two attached hydrogens (primary N) is 1. The van der Waals surface area contributed by atoms with Crippen LogP contribution in [0.3, 0.4) is 0 Å². The fraction of sp³-hybridized carbons (Fsp3) is 0.415. The molecule has 0 fully saturated rings. The Labute approximate surface area is 369 Å². The molecule has 7 atom stereocenters. The van der Waals surface area contributed by atoms with Crippen LogP contribution in [0.25, 0.3) is 0 Å². The maximum Gasteiger partial charge on any atom is 0.329 e. The van der Waals surface area contributed by atoms with Gasteiger partial charge < -0.3 is 52.4 Å². The largest absolute Gasteiger partial charge is 0.463 e. The minimum absolute atomic E-state index is 0.0163. The predicted octanol–water partition coefficient (Wildman–Crippen LogP) is -0.350. The van der Waals surface area contributed by atoms with Crippen molar-refractivity contribution >= 4 is 68.5 Å². The number of rotatable bonds is 25. The lowest BCUT2D eigenvalue weighted by Crippen LogP contribution is -2.62. The summed E-state index contributed by atoms with van der Waals surface area (Å²) in [6.07, 6.45) is -2.92. The number of sulfone groups is 1. The second-order valence-electron chi connectivity index (χ2n) is 14.3. The number of nitrogens with one attached hydrogen (secondary N) is 5. The van der Waals surface area contributed by atoms with Crippen molar-refractivity contribution in [2.24, 2.45) is 16.0 Å². The molecule has 0 heterocycles. The standard InChI is InChI=1S/C41H54N8O12S2/c1-25(51)35(42)39(56)44-32(20-28-10-6-4-7-11-28)37(54)47-36(26(2)52)40(57)45-33(21-50)38(55)46-34(22-62-24-43-27(3)53)41(58)61-18-19-63(59,60)23-29-14-16-31(17-15-29)49-48-30-12-8-5-9-13-30/h4-17,25-26,32-36,50-52H,18-24,42H2,1-3H3,(H,43,53)(H,44,56)(H,45,57)(H,46,55)(H,47,54)/t25-,26-,32+,33+,34+,35+,36+/m1/s1. The number of ether oxygens (including phenoxy) is 1. The monoisotopic (exact) mass is 914 g/mol. The van der Waals surface area contributed by atoms with Crippen LogP contribution in [0.4, 0.5) is 11.4 Å². The first-order valence-electron chi connectivity index (χ1n) is 19.6. The minimum atomic E-state index is -3.81. The van der Waals surface area contributed by atoms with Gasteiger partial charge in [-0.05, 0) is 49.2 Å². The van der Waals surface area contributed by atoms with E-state index in [1.165, 1.54) is 20.8 Å². The number of aliphatic hydroxyl groups excluding tert-OH is 3. The van der Waals surface area contributed by atoms with E-state index >= 15 is 0 Å². The molecule has 0 aliphatic heterocycles. The highest BCUT2D eigenvalue weighted by Crippen LogP contribution is 2.19. The van der Waals surface area contributed by atoms with Crippen LogP contribution in [0.5, 0.6) is 0 Å². The van der Waals surface area contributed by atoms with Crippen LogP contribution in [0, 0.1) is 0 Å². The van der Waals surface area contributed by atoms with Gasteiger partial charge in [0.15, 0.2) is 9.84 Å². The Bertz CT molecular complexity index is 2110. The van der Waals surface area contributed by atoms with Crippen molar-refractivity contribution in [3.63, 3.8) is 0 Å². The van der Waals surface area contributed by atoms with Crippen molar-refractivity contribution in [2.45, 2.75) is 75.4 Å². The quantitative estimate of drug-likeness (QED) is 0.0227. The molecule has 0 radical (unpaired) electrons. The van der Waals surface area contributed by atoms with Gasteiger partial charge in [-0.15, -0.1) is 11.8 Å². The Morgan fingerprint density at radius 2 is 1.27 bits per heavy atom. The zero-order chi connectivity index (χ0) is 46.5. The lowest BCUT2D eigenvalue weighted by molar-refractivity contribution is -0.147. The molecule has 0 saturated heterocycles. The number of amides is 5. The third-order valence-electron chi connectivity index (χ3n) is 8.92. The first-order chi connectivity index (χ1) is 29.9. The molecule has 22 heteroatoms. The summed E-state index contributed by atoms with van der Waals surface area (Å²) in [5, 5.41) is 50.5. The van der Waals surface area contributed by atoms with Crippen LogP contribution in [-0.4, -0.2) is 132 Å². The van der Waals surface area contributed by atoms with Crippen LogP contribution in [-0.2, 0) is 55.5 Å². The number of azo groups is 1. The molecule has 63 heavy (non-hydrogen) atoms. The smallest absolute Gasteiger partial charge is 0.329 e. The van der Waals surface area contributed by atoms with Gasteiger partial charge in [-0.25, -0.2) is 13.2 Å². The van der Waals surface area contributed by atoms with Gasteiger partial charge in [0.2, 0.25) is 29.5 Å². The van der Waals surface area contributed by atoms with Crippen LogP contribution in [0.2, 0.25) is 0 Å². The maximum absolute atomic E-state index is 13.5. The molecule has 3 aromatic rings. The molecule has 5 amide bonds. The topological polar surface area (TPSA) is 317 Å². The molecular weight excluding hydrogens is 861 g/mol. The average Bonchev–Trinajstić information content (AvgIpc) is 3.24. The molecule has 0 saturated carbocycles. The number of hydrogen-bond donors (Lipinski definition) is 9. The lowest BCUT2D eigenvalue weighted by Gasteiger charge is -2.27. The van der Waals surface area contributed by atoms with Gasteiger partial charge in [-0.1, -0.05) is 60.7 Å². The Morgan fingerprint density at radius 3 is 1.84 bits per heavy atom. The first kappa shape index (κ1) is 51.6. The second kappa shape index (κ2) is 26.0. The molecular formula is C41H54N8O12S2. The second-order valence-corrected chi connectivity index (χ2v) is 17.5. The number of nitrogens with zero attached hydrogens (tertiary/aromatic N) is 2. The van der Waals surface area contributed by atoms with Crippen molar-refractivity contribution in [3.05, 3.63) is 96.1 Å². The van der Waals surface area contributed by atoms with Crippen molar-refractivity contribution in [3.8, 4) is 0 Å². The number of thioether (sulfide) groups is 1. The lowest BCUT2D eigenvalue weighted by atomic mass is 10.0. The van der Waals surface area contributed by atoms with Gasteiger partial charge in [0.25, 0.3) is 0 Å². The molecule has 0 unspecified atom stereocenters. The van der Waals surface area contributed by atoms with Crippen molar-refractivity contribution < 1.29 is 57.2 Å². The van der Waals surface area contributed by atoms with Crippen molar-refractivity contribution in [1.82, 2.24) is 26.6 Å². The van der Waals surface area contributed by atoms with Crippen LogP contribution < -0.4 is 32.3 Å². The Hall–Kier alpha value is -5.78. The first-order valence-corrected chi connectivity index (χ1v) is 22.6. The molecule has 3 rings (SSSR count). The molecule has 342 valence electrons. The van der Waals surface area contributed by atoms with Gasteiger partial charge in [-0.3, -0.25) is 24.0 Å². The third-order valence-corrected chi connectivity index (χ3v) is 11.4. The zero-order valence-corrected chi connectivity index (χ0v) is 36.5. The SMILES string of the molecule is CC(=O)NCSC[C@H](NC(=O)[C@H](CO)NC(=O)[C@@H](NC(=O)[C@H](Cc1ccccc1)NC(=O)[C@@H](N)[C@@H](C)O)[C@@H](C)O)C(=O)OCCS(=O)(=O)Cc1ccc(N=Nc2ccccc2)cc1. The molecule has 3 aromatic carbocycles. The summed E-state index contributed by atoms with van der Waals surface area (Å²) in [4.78, 5) is 77.7. The van der Waals surface area contributed by atoms with Gasteiger partial charge in [0.1, 0.15) is 36.8 Å². The third kappa shape index (κ3) is 18.6. The number of benzene rings is 3. The number of hydrogen-bond acceptors (Lipinski definition) is 16. The number of carbonyl (C=O) groups excluding carboxylic acids is 6. The van der Waals surface area contributed by atoms with Crippen LogP contribution in [0.1, 0.15) is 31.9 Å². The Morgan fingerprint density at radius 1 is 0.714 bits per heavy atom. The molecule has 0 aliphatic rings. The summed E-state index contributed by atoms with van der Waals surface area (Å²) in [5.41, 5.74) is 7.95. The highest BCUT2D eigenvalue weighted by Gasteiger charge is 2.34. The Balaban J connectivity index is 1.65. The van der Waals surface area contributed by atoms with Crippen molar-refractivity contribution in [2.75, 3.05) is 30.6 Å². The molecule has 10 N–H and O–H groups in total. The van der Waals surface area contributed by atoms with E-state index in [9.17, 15) is 52.5 Å². The summed E-state index contributed by atoms with van der Waals surface area (Å²) in [6.45, 7) is 2.12. The molecule has 0 spiro atoms. The number of aliphatic hydroxyl groups is 3. The van der Waals surface area contributed by atoms with Gasteiger partial charge >= 0.3 is 5.97 Å². The molecule has 0 aliphatic carbocycles. The molecule has 20 nitrogen and oxygen atoms in total. The predicted molar refractivity (Wildman–Crippen MR) is 233 cm³/mol. The summed E-state index contributed by atoms with van der Waals surface area (Å²) < 4.78 is 31.1. The minimum Gasteiger partial charge on any atom is -0.463 e. The summed E-state index contributed by atoms with van der Waals surface area (Å²) >= 11 is 1.00. The maximum atomic E-state index is 13.5. The van der Waals surface area contributed by atoms with Crippen molar-refractivity contribution in [1.29, 1.82) is 0 Å². The average molecular weight is 915 g/mol. The molecule has 0 aromatic heterocycles. The van der Waals surface area contributed by atoms with E-state index in [4.69, 9.17) is 10.5 Å². The summed E-state index contributed by atoms with van der Waals surface area (Å²) in [7, 11) is -3.81. The highest BCUT2D eigenvalue weighted by molar-refractivity contribution is 7.99. The highest BCUT2D eigenvalue weighted by atomic mass is 32.2. The van der Waals surface area contributed by atoms with Gasteiger partial charge in [0.05, 0.1) is 47.6 Å². The van der Waals surface area contributed by atoms with E-state index < -0.39 is 101 Å². The summed E-state index contributed by atoms with van der Waals surface area (Å²) in [6, 6.07) is 16.2. The van der Waals surface area contributed by atoms with E-state index in [-0.39, 0.29) is 29.7 Å². The normalized spacial score (nSPS) is 14.8. The van der Waals surface area contributed by atoms with Gasteiger partial charge in [0, 0.05) is 19.1 Å².